The molecule has 1 aromatic heterocycles. The van der Waals surface area contributed by atoms with Crippen LogP contribution in [-0.2, 0) is 15.8 Å². The Morgan fingerprint density at radius 2 is 1.84 bits per heavy atom. The summed E-state index contributed by atoms with van der Waals surface area (Å²) in [6.07, 6.45) is 2.69. The van der Waals surface area contributed by atoms with Gasteiger partial charge in [-0.25, -0.2) is 4.79 Å². The Morgan fingerprint density at radius 1 is 1.19 bits per heavy atom. The van der Waals surface area contributed by atoms with Gasteiger partial charge >= 0.3 is 5.97 Å². The Balaban J connectivity index is 1.69. The highest BCUT2D eigenvalue weighted by Gasteiger charge is 2.37. The molecule has 0 saturated heterocycles. The number of hydrogen-bond acceptors (Lipinski definition) is 8. The maximum Gasteiger partial charge on any atom is 0.339 e. The molecule has 0 spiro atoms. The number of nitrogens with two attached hydrogens (primary N) is 1. The molecule has 2 aromatic rings. The van der Waals surface area contributed by atoms with Crippen LogP contribution in [0, 0.1) is 0 Å². The molecule has 2 N–H and O–H groups in total. The minimum absolute atomic E-state index is 0.0357. The maximum absolute atomic E-state index is 12.5. The zero-order valence-electron chi connectivity index (χ0n) is 19.2. The molecule has 32 heavy (non-hydrogen) atoms. The third-order valence-electron chi connectivity index (χ3n) is 5.71. The van der Waals surface area contributed by atoms with Gasteiger partial charge in [-0.05, 0) is 37.2 Å². The van der Waals surface area contributed by atoms with E-state index in [1.54, 1.807) is 25.1 Å². The van der Waals surface area contributed by atoms with Crippen LogP contribution in [0.15, 0.2) is 39.2 Å². The van der Waals surface area contributed by atoms with Gasteiger partial charge in [0.2, 0.25) is 18.0 Å². The van der Waals surface area contributed by atoms with Crippen molar-refractivity contribution in [2.75, 3.05) is 12.5 Å². The number of carbonyl (C=O) groups is 1. The summed E-state index contributed by atoms with van der Waals surface area (Å²) in [6.45, 7) is 12.5. The zero-order chi connectivity index (χ0) is 23.7. The first kappa shape index (κ1) is 23.6. The van der Waals surface area contributed by atoms with E-state index in [4.69, 9.17) is 28.8 Å². The lowest BCUT2D eigenvalue weighted by Crippen LogP contribution is -2.40. The van der Waals surface area contributed by atoms with Crippen molar-refractivity contribution >= 4 is 26.1 Å². The van der Waals surface area contributed by atoms with Gasteiger partial charge in [0, 0.05) is 29.0 Å². The van der Waals surface area contributed by atoms with Gasteiger partial charge in [0.25, 0.3) is 0 Å². The predicted octanol–water partition coefficient (Wildman–Crippen LogP) is 4.48. The summed E-state index contributed by atoms with van der Waals surface area (Å²) >= 11 is 0. The first-order valence-corrected chi connectivity index (χ1v) is 13.1. The van der Waals surface area contributed by atoms with Crippen LogP contribution in [0.1, 0.15) is 39.0 Å². The summed E-state index contributed by atoms with van der Waals surface area (Å²) in [5.41, 5.74) is 6.80. The first-order valence-electron chi connectivity index (χ1n) is 10.2. The van der Waals surface area contributed by atoms with Crippen LogP contribution in [0.2, 0.25) is 18.1 Å². The van der Waals surface area contributed by atoms with Gasteiger partial charge in [-0.2, -0.15) is 0 Å². The lowest BCUT2D eigenvalue weighted by molar-refractivity contribution is -0.130. The molecule has 3 rings (SSSR count). The second-order valence-electron chi connectivity index (χ2n) is 9.18. The Morgan fingerprint density at radius 3 is 2.47 bits per heavy atom. The number of benzene rings is 1. The molecule has 0 aliphatic carbocycles. The Kier molecular flexibility index (Phi) is 6.52. The molecule has 9 heteroatoms. The number of rotatable bonds is 6. The van der Waals surface area contributed by atoms with Crippen LogP contribution in [0.4, 0.5) is 5.69 Å². The van der Waals surface area contributed by atoms with Gasteiger partial charge < -0.3 is 28.8 Å². The van der Waals surface area contributed by atoms with Crippen molar-refractivity contribution in [3.8, 4) is 17.2 Å². The molecule has 2 heterocycles. The van der Waals surface area contributed by atoms with E-state index >= 15 is 0 Å². The lowest BCUT2D eigenvalue weighted by atomic mass is 10.1. The molecule has 0 amide bonds. The third-order valence-corrected chi connectivity index (χ3v) is 10.2. The normalized spacial score (nSPS) is 13.9. The van der Waals surface area contributed by atoms with Gasteiger partial charge in [-0.3, -0.25) is 4.79 Å². The van der Waals surface area contributed by atoms with Gasteiger partial charge in [0.1, 0.15) is 12.0 Å². The number of esters is 1. The van der Waals surface area contributed by atoms with E-state index in [1.807, 2.05) is 0 Å². The minimum atomic E-state index is -1.99. The fourth-order valence-electron chi connectivity index (χ4n) is 2.63. The molecule has 0 atom stereocenters. The molecule has 1 aromatic carbocycles. The van der Waals surface area contributed by atoms with Crippen LogP contribution < -0.4 is 25.4 Å². The molecular formula is C23H29NO7Si. The van der Waals surface area contributed by atoms with E-state index in [0.717, 1.165) is 6.26 Å². The average molecular weight is 460 g/mol. The summed E-state index contributed by atoms with van der Waals surface area (Å²) in [5.74, 6) is 0.579. The summed E-state index contributed by atoms with van der Waals surface area (Å²) in [5, 5.41) is 0.0357. The average Bonchev–Trinajstić information content (AvgIpc) is 3.14. The number of anilines is 1. The second kappa shape index (κ2) is 8.83. The molecule has 1 aliphatic rings. The Hall–Kier alpha value is -3.04. The van der Waals surface area contributed by atoms with Crippen LogP contribution in [0.3, 0.4) is 0 Å². The van der Waals surface area contributed by atoms with Crippen LogP contribution in [0.5, 0.6) is 17.2 Å². The van der Waals surface area contributed by atoms with Crippen LogP contribution >= 0.6 is 0 Å². The van der Waals surface area contributed by atoms with E-state index in [-0.39, 0.29) is 29.8 Å². The Bertz CT molecular complexity index is 1110. The van der Waals surface area contributed by atoms with Crippen LogP contribution in [-0.4, -0.2) is 21.1 Å². The Labute approximate surface area is 188 Å². The molecule has 0 radical (unpaired) electrons. The monoisotopic (exact) mass is 459 g/mol. The number of fused-ring (bicyclic) bond motifs is 1. The molecule has 0 saturated carbocycles. The van der Waals surface area contributed by atoms with Crippen molar-refractivity contribution < 1.29 is 27.8 Å². The van der Waals surface area contributed by atoms with Crippen molar-refractivity contribution in [3.63, 3.8) is 0 Å². The summed E-state index contributed by atoms with van der Waals surface area (Å²) in [7, 11) is -1.99. The van der Waals surface area contributed by atoms with E-state index < -0.39 is 19.7 Å². The standard InChI is InChI=1S/C23H29NO7Si/c1-14(7-15-8-19-20(10-17(15)24)29-13-28-19)22(26)31-21-12-27-16(9-18(21)25)11-30-32(5,6)23(2,3)4/h7-10,12H,11,13,24H2,1-6H3/b14-7+. The summed E-state index contributed by atoms with van der Waals surface area (Å²) < 4.78 is 27.4. The van der Waals surface area contributed by atoms with Crippen LogP contribution in [0.25, 0.3) is 6.08 Å². The van der Waals surface area contributed by atoms with Crippen molar-refractivity contribution in [2.45, 2.75) is 52.4 Å². The molecule has 172 valence electrons. The predicted molar refractivity (Wildman–Crippen MR) is 123 cm³/mol. The fourth-order valence-corrected chi connectivity index (χ4v) is 3.56. The van der Waals surface area contributed by atoms with E-state index in [1.165, 1.54) is 6.07 Å². The highest BCUT2D eigenvalue weighted by Crippen LogP contribution is 2.37. The number of nitrogen functional groups attached to an aromatic ring is 1. The fraction of sp³-hybridized carbons (Fsp3) is 0.391. The quantitative estimate of drug-likeness (QED) is 0.291. The van der Waals surface area contributed by atoms with E-state index in [0.29, 0.717) is 28.5 Å². The highest BCUT2D eigenvalue weighted by atomic mass is 28.4. The topological polar surface area (TPSA) is 110 Å². The highest BCUT2D eigenvalue weighted by molar-refractivity contribution is 6.74. The number of carbonyl (C=O) groups excluding carboxylic acids is 1. The zero-order valence-corrected chi connectivity index (χ0v) is 20.2. The SMILES string of the molecule is C/C(=C\c1cc2c(cc1N)OCO2)C(=O)Oc1coc(CO[Si](C)(C)C(C)(C)C)cc1=O. The third kappa shape index (κ3) is 5.23. The minimum Gasteiger partial charge on any atom is -0.463 e. The second-order valence-corrected chi connectivity index (χ2v) is 14.0. The van der Waals surface area contributed by atoms with Gasteiger partial charge in [0.15, 0.2) is 19.8 Å². The van der Waals surface area contributed by atoms with E-state index in [2.05, 4.69) is 33.9 Å². The molecule has 8 nitrogen and oxygen atoms in total. The molecule has 1 aliphatic heterocycles. The maximum atomic E-state index is 12.5. The largest absolute Gasteiger partial charge is 0.463 e. The lowest BCUT2D eigenvalue weighted by Gasteiger charge is -2.35. The number of ether oxygens (including phenoxy) is 3. The molecular weight excluding hydrogens is 430 g/mol. The van der Waals surface area contributed by atoms with Gasteiger partial charge in [-0.15, -0.1) is 0 Å². The summed E-state index contributed by atoms with van der Waals surface area (Å²) in [6, 6.07) is 4.59. The number of hydrogen-bond donors (Lipinski definition) is 1. The smallest absolute Gasteiger partial charge is 0.339 e. The molecule has 0 fully saturated rings. The molecule has 0 unspecified atom stereocenters. The molecule has 0 bridgehead atoms. The van der Waals surface area contributed by atoms with E-state index in [9.17, 15) is 9.59 Å². The van der Waals surface area contributed by atoms with Crippen molar-refractivity contribution in [3.05, 3.63) is 51.6 Å². The summed E-state index contributed by atoms with van der Waals surface area (Å²) in [4.78, 5) is 24.9. The van der Waals surface area contributed by atoms with Crippen molar-refractivity contribution in [1.82, 2.24) is 0 Å². The first-order chi connectivity index (χ1) is 14.9. The van der Waals surface area contributed by atoms with Crippen molar-refractivity contribution in [2.24, 2.45) is 0 Å². The van der Waals surface area contributed by atoms with Crippen molar-refractivity contribution in [1.29, 1.82) is 0 Å². The van der Waals surface area contributed by atoms with Gasteiger partial charge in [-0.1, -0.05) is 20.8 Å². The van der Waals surface area contributed by atoms with Gasteiger partial charge in [0.05, 0.1) is 6.61 Å².